The van der Waals surface area contributed by atoms with Crippen LogP contribution >= 0.6 is 11.6 Å². The Bertz CT molecular complexity index is 336. The molecule has 0 aliphatic carbocycles. The highest BCUT2D eigenvalue weighted by molar-refractivity contribution is 6.30. The van der Waals surface area contributed by atoms with E-state index in [4.69, 9.17) is 11.6 Å². The summed E-state index contributed by atoms with van der Waals surface area (Å²) in [5.74, 6) is 0.0332. The van der Waals surface area contributed by atoms with Crippen molar-refractivity contribution in [3.05, 3.63) is 35.4 Å². The largest absolute Gasteiger partial charge is 0.293 e. The zero-order valence-corrected chi connectivity index (χ0v) is 9.56. The van der Waals surface area contributed by atoms with Crippen LogP contribution in [0.4, 0.5) is 0 Å². The van der Waals surface area contributed by atoms with Crippen LogP contribution in [0.2, 0.25) is 0 Å². The van der Waals surface area contributed by atoms with Crippen LogP contribution in [0.1, 0.15) is 36.7 Å². The minimum Gasteiger partial charge on any atom is -0.293 e. The molecule has 1 aromatic carbocycles. The number of carbonyl (C=O) groups excluding carboxylic acids is 1. The van der Waals surface area contributed by atoms with E-state index in [1.54, 1.807) is 6.07 Å². The molecule has 0 unspecified atom stereocenters. The number of hydrogen-bond donors (Lipinski definition) is 0. The van der Waals surface area contributed by atoms with Crippen molar-refractivity contribution >= 4 is 17.4 Å². The third kappa shape index (κ3) is 2.58. The van der Waals surface area contributed by atoms with E-state index in [-0.39, 0.29) is 17.1 Å². The van der Waals surface area contributed by atoms with Crippen LogP contribution in [0.25, 0.3) is 0 Å². The second kappa shape index (κ2) is 4.14. The smallest absolute Gasteiger partial charge is 0.177 e. The maximum atomic E-state index is 11.4. The summed E-state index contributed by atoms with van der Waals surface area (Å²) >= 11 is 5.50. The van der Waals surface area contributed by atoms with Gasteiger partial charge in [0.25, 0.3) is 0 Å². The van der Waals surface area contributed by atoms with E-state index in [1.807, 2.05) is 18.2 Å². The van der Waals surface area contributed by atoms with Gasteiger partial charge in [-0.15, -0.1) is 11.6 Å². The van der Waals surface area contributed by atoms with Crippen molar-refractivity contribution in [1.82, 2.24) is 0 Å². The lowest BCUT2D eigenvalue weighted by Gasteiger charge is -2.19. The summed E-state index contributed by atoms with van der Waals surface area (Å²) in [6, 6.07) is 7.66. The number of Topliss-reactive ketones (excluding diaryl/α,β-unsaturated/α-hetero) is 1. The van der Waals surface area contributed by atoms with Gasteiger partial charge in [0, 0.05) is 5.56 Å². The Morgan fingerprint density at radius 2 is 2.00 bits per heavy atom. The fraction of sp³-hybridized carbons (Fsp3) is 0.417. The third-order valence-electron chi connectivity index (χ3n) is 2.17. The Kier molecular flexibility index (Phi) is 3.33. The number of benzene rings is 1. The van der Waals surface area contributed by atoms with E-state index in [0.717, 1.165) is 5.56 Å². The summed E-state index contributed by atoms with van der Waals surface area (Å²) in [4.78, 5) is 11.4. The minimum atomic E-state index is -0.0160. The molecule has 0 atom stereocenters. The molecule has 2 heteroatoms. The van der Waals surface area contributed by atoms with E-state index >= 15 is 0 Å². The SMILES string of the molecule is CC(C)(C)c1cccc(C(=O)CCl)c1. The van der Waals surface area contributed by atoms with Crippen molar-refractivity contribution in [2.24, 2.45) is 0 Å². The van der Waals surface area contributed by atoms with Crippen molar-refractivity contribution in [3.8, 4) is 0 Å². The molecule has 0 heterocycles. The van der Waals surface area contributed by atoms with Gasteiger partial charge >= 0.3 is 0 Å². The van der Waals surface area contributed by atoms with Gasteiger partial charge in [0.2, 0.25) is 0 Å². The van der Waals surface area contributed by atoms with E-state index in [2.05, 4.69) is 20.8 Å². The van der Waals surface area contributed by atoms with Gasteiger partial charge < -0.3 is 0 Å². The molecule has 76 valence electrons. The predicted molar refractivity (Wildman–Crippen MR) is 60.2 cm³/mol. The van der Waals surface area contributed by atoms with Gasteiger partial charge in [0.15, 0.2) is 5.78 Å². The van der Waals surface area contributed by atoms with Crippen molar-refractivity contribution in [1.29, 1.82) is 0 Å². The van der Waals surface area contributed by atoms with E-state index < -0.39 is 0 Å². The quantitative estimate of drug-likeness (QED) is 0.540. The van der Waals surface area contributed by atoms with E-state index in [0.29, 0.717) is 5.56 Å². The minimum absolute atomic E-state index is 0.0160. The number of rotatable bonds is 2. The third-order valence-corrected chi connectivity index (χ3v) is 2.41. The van der Waals surface area contributed by atoms with Gasteiger partial charge in [-0.2, -0.15) is 0 Å². The Labute approximate surface area is 90.1 Å². The fourth-order valence-corrected chi connectivity index (χ4v) is 1.39. The van der Waals surface area contributed by atoms with Gasteiger partial charge in [-0.05, 0) is 17.0 Å². The first-order chi connectivity index (χ1) is 6.45. The normalized spacial score (nSPS) is 11.4. The Morgan fingerprint density at radius 1 is 1.36 bits per heavy atom. The molecule has 0 bridgehead atoms. The molecular weight excluding hydrogens is 196 g/mol. The summed E-state index contributed by atoms with van der Waals surface area (Å²) in [7, 11) is 0. The molecule has 1 rings (SSSR count). The van der Waals surface area contributed by atoms with E-state index in [9.17, 15) is 4.79 Å². The molecule has 0 aliphatic heterocycles. The Hall–Kier alpha value is -0.820. The summed E-state index contributed by atoms with van der Waals surface area (Å²) in [5.41, 5.74) is 1.93. The summed E-state index contributed by atoms with van der Waals surface area (Å²) < 4.78 is 0. The number of carbonyl (C=O) groups is 1. The molecule has 0 fully saturated rings. The van der Waals surface area contributed by atoms with Crippen LogP contribution in [-0.2, 0) is 5.41 Å². The van der Waals surface area contributed by atoms with Crippen molar-refractivity contribution in [2.45, 2.75) is 26.2 Å². The van der Waals surface area contributed by atoms with Gasteiger partial charge in [-0.1, -0.05) is 39.0 Å². The number of ketones is 1. The average Bonchev–Trinajstić information content (AvgIpc) is 2.15. The monoisotopic (exact) mass is 210 g/mol. The fourth-order valence-electron chi connectivity index (χ4n) is 1.24. The molecule has 1 aromatic rings. The zero-order valence-electron chi connectivity index (χ0n) is 8.80. The topological polar surface area (TPSA) is 17.1 Å². The van der Waals surface area contributed by atoms with Gasteiger partial charge in [0.05, 0.1) is 5.88 Å². The van der Waals surface area contributed by atoms with Crippen LogP contribution < -0.4 is 0 Å². The van der Waals surface area contributed by atoms with Crippen LogP contribution in [0.5, 0.6) is 0 Å². The van der Waals surface area contributed by atoms with Gasteiger partial charge in [0.1, 0.15) is 0 Å². The first-order valence-corrected chi connectivity index (χ1v) is 5.18. The number of alkyl halides is 1. The van der Waals surface area contributed by atoms with Crippen LogP contribution in [-0.4, -0.2) is 11.7 Å². The summed E-state index contributed by atoms with van der Waals surface area (Å²) in [6.45, 7) is 6.37. The average molecular weight is 211 g/mol. The zero-order chi connectivity index (χ0) is 10.8. The predicted octanol–water partition coefficient (Wildman–Crippen LogP) is 3.41. The van der Waals surface area contributed by atoms with Crippen molar-refractivity contribution in [2.75, 3.05) is 5.88 Å². The second-order valence-corrected chi connectivity index (χ2v) is 4.65. The Balaban J connectivity index is 3.08. The molecule has 0 amide bonds. The molecule has 0 spiro atoms. The van der Waals surface area contributed by atoms with E-state index in [1.165, 1.54) is 0 Å². The van der Waals surface area contributed by atoms with Crippen LogP contribution in [0, 0.1) is 0 Å². The van der Waals surface area contributed by atoms with Gasteiger partial charge in [-0.25, -0.2) is 0 Å². The Morgan fingerprint density at radius 3 is 2.50 bits per heavy atom. The molecule has 0 saturated heterocycles. The molecule has 0 aliphatic rings. The van der Waals surface area contributed by atoms with Crippen LogP contribution in [0.15, 0.2) is 24.3 Å². The first kappa shape index (κ1) is 11.3. The number of hydrogen-bond acceptors (Lipinski definition) is 1. The molecule has 0 radical (unpaired) electrons. The molecular formula is C12H15ClO. The lowest BCUT2D eigenvalue weighted by molar-refractivity contribution is 0.102. The van der Waals surface area contributed by atoms with Crippen molar-refractivity contribution < 1.29 is 4.79 Å². The molecule has 0 N–H and O–H groups in total. The first-order valence-electron chi connectivity index (χ1n) is 4.65. The van der Waals surface area contributed by atoms with Crippen molar-refractivity contribution in [3.63, 3.8) is 0 Å². The standard InChI is InChI=1S/C12H15ClO/c1-12(2,3)10-6-4-5-9(7-10)11(14)8-13/h4-7H,8H2,1-3H3. The molecule has 0 aromatic heterocycles. The molecule has 1 nitrogen and oxygen atoms in total. The number of halogens is 1. The lowest BCUT2D eigenvalue weighted by Crippen LogP contribution is -2.12. The second-order valence-electron chi connectivity index (χ2n) is 4.39. The summed E-state index contributed by atoms with van der Waals surface area (Å²) in [5, 5.41) is 0. The highest BCUT2D eigenvalue weighted by atomic mass is 35.5. The maximum Gasteiger partial charge on any atom is 0.177 e. The summed E-state index contributed by atoms with van der Waals surface area (Å²) in [6.07, 6.45) is 0. The van der Waals surface area contributed by atoms with Crippen LogP contribution in [0.3, 0.4) is 0 Å². The molecule has 0 saturated carbocycles. The van der Waals surface area contributed by atoms with Gasteiger partial charge in [-0.3, -0.25) is 4.79 Å². The molecule has 14 heavy (non-hydrogen) atoms. The highest BCUT2D eigenvalue weighted by Crippen LogP contribution is 2.22. The highest BCUT2D eigenvalue weighted by Gasteiger charge is 2.14. The lowest BCUT2D eigenvalue weighted by atomic mass is 9.86. The maximum absolute atomic E-state index is 11.4.